The fourth-order valence-corrected chi connectivity index (χ4v) is 5.61. The van der Waals surface area contributed by atoms with Gasteiger partial charge < -0.3 is 19.3 Å². The summed E-state index contributed by atoms with van der Waals surface area (Å²) < 4.78 is 11.8. The van der Waals surface area contributed by atoms with Crippen molar-refractivity contribution in [3.8, 4) is 11.5 Å². The Morgan fingerprint density at radius 2 is 1.52 bits per heavy atom. The molecule has 0 N–H and O–H groups in total. The number of methoxy groups -OCH3 is 1. The van der Waals surface area contributed by atoms with E-state index in [1.165, 1.54) is 0 Å². The predicted molar refractivity (Wildman–Crippen MR) is 164 cm³/mol. The van der Waals surface area contributed by atoms with Gasteiger partial charge in [-0.25, -0.2) is 4.79 Å². The Labute approximate surface area is 252 Å². The topological polar surface area (TPSA) is 74.7 Å². The van der Waals surface area contributed by atoms with Crippen LogP contribution in [0.2, 0.25) is 5.02 Å². The first kappa shape index (κ1) is 29.5. The fourth-order valence-electron chi connectivity index (χ4n) is 5.49. The molecule has 0 aliphatic carbocycles. The molecule has 42 heavy (non-hydrogen) atoms. The van der Waals surface area contributed by atoms with Gasteiger partial charge >= 0.3 is 6.03 Å². The summed E-state index contributed by atoms with van der Waals surface area (Å²) in [6.07, 6.45) is -0.110. The van der Waals surface area contributed by atoms with Crippen LogP contribution in [0.3, 0.4) is 0 Å². The van der Waals surface area contributed by atoms with E-state index in [9.17, 15) is 9.59 Å². The van der Waals surface area contributed by atoms with Gasteiger partial charge in [0.05, 0.1) is 24.8 Å². The number of amidine groups is 1. The highest BCUT2D eigenvalue weighted by Crippen LogP contribution is 2.45. The Balaban J connectivity index is 1.66. The van der Waals surface area contributed by atoms with Crippen LogP contribution in [0.5, 0.6) is 11.5 Å². The maximum absolute atomic E-state index is 14.6. The molecule has 2 aliphatic heterocycles. The molecule has 0 bridgehead atoms. The lowest BCUT2D eigenvalue weighted by atomic mass is 9.93. The monoisotopic (exact) mass is 588 g/mol. The van der Waals surface area contributed by atoms with E-state index in [4.69, 9.17) is 26.1 Å². The summed E-state index contributed by atoms with van der Waals surface area (Å²) in [7, 11) is 1.61. The average molecular weight is 589 g/mol. The van der Waals surface area contributed by atoms with E-state index in [0.717, 1.165) is 16.7 Å². The Hall–Kier alpha value is -4.04. The number of carbonyl (C=O) groups excluding carboxylic acids is 2. The number of amides is 3. The van der Waals surface area contributed by atoms with Crippen LogP contribution in [-0.4, -0.2) is 71.9 Å². The Morgan fingerprint density at radius 3 is 2.12 bits per heavy atom. The first-order chi connectivity index (χ1) is 20.2. The lowest BCUT2D eigenvalue weighted by Gasteiger charge is -2.39. The van der Waals surface area contributed by atoms with Crippen molar-refractivity contribution in [3.05, 3.63) is 94.0 Å². The highest BCUT2D eigenvalue weighted by Gasteiger charge is 2.45. The number of piperazine rings is 1. The van der Waals surface area contributed by atoms with Crippen LogP contribution in [0.15, 0.2) is 71.7 Å². The summed E-state index contributed by atoms with van der Waals surface area (Å²) >= 11 is 6.29. The van der Waals surface area contributed by atoms with Gasteiger partial charge in [0.15, 0.2) is 0 Å². The highest BCUT2D eigenvalue weighted by atomic mass is 35.5. The summed E-state index contributed by atoms with van der Waals surface area (Å²) in [5, 5.41) is 0.616. The summed E-state index contributed by atoms with van der Waals surface area (Å²) in [6.45, 7) is 9.37. The van der Waals surface area contributed by atoms with Crippen molar-refractivity contribution in [1.29, 1.82) is 0 Å². The second kappa shape index (κ2) is 12.4. The molecule has 220 valence electrons. The van der Waals surface area contributed by atoms with E-state index in [-0.39, 0.29) is 24.1 Å². The molecule has 2 heterocycles. The number of benzene rings is 3. The molecule has 8 nitrogen and oxygen atoms in total. The molecule has 9 heteroatoms. The first-order valence-corrected chi connectivity index (χ1v) is 14.6. The Kier molecular flexibility index (Phi) is 8.73. The molecule has 0 aromatic heterocycles. The molecule has 3 aromatic carbocycles. The molecule has 1 fully saturated rings. The molecule has 3 amide bonds. The largest absolute Gasteiger partial charge is 0.497 e. The van der Waals surface area contributed by atoms with Gasteiger partial charge in [-0.1, -0.05) is 53.6 Å². The normalized spacial score (nSPS) is 18.7. The molecule has 2 aliphatic rings. The van der Waals surface area contributed by atoms with Crippen molar-refractivity contribution in [2.24, 2.45) is 4.99 Å². The van der Waals surface area contributed by atoms with E-state index in [0.29, 0.717) is 54.1 Å². The Morgan fingerprint density at radius 1 is 0.905 bits per heavy atom. The second-order valence-electron chi connectivity index (χ2n) is 11.0. The van der Waals surface area contributed by atoms with Gasteiger partial charge in [0.1, 0.15) is 23.4 Å². The zero-order valence-electron chi connectivity index (χ0n) is 24.7. The third kappa shape index (κ3) is 6.09. The molecule has 0 spiro atoms. The maximum Gasteiger partial charge on any atom is 0.326 e. The predicted octanol–water partition coefficient (Wildman–Crippen LogP) is 6.27. The van der Waals surface area contributed by atoms with Gasteiger partial charge in [0.25, 0.3) is 0 Å². The van der Waals surface area contributed by atoms with Gasteiger partial charge in [-0.2, -0.15) is 0 Å². The summed E-state index contributed by atoms with van der Waals surface area (Å²) in [5.41, 5.74) is 3.76. The van der Waals surface area contributed by atoms with Crippen LogP contribution in [0.25, 0.3) is 0 Å². The van der Waals surface area contributed by atoms with Gasteiger partial charge in [0.2, 0.25) is 5.91 Å². The molecule has 0 saturated carbocycles. The number of aliphatic imine (C=N–C) groups is 1. The zero-order valence-corrected chi connectivity index (χ0v) is 25.5. The quantitative estimate of drug-likeness (QED) is 0.340. The van der Waals surface area contributed by atoms with Crippen LogP contribution in [0, 0.1) is 6.92 Å². The first-order valence-electron chi connectivity index (χ1n) is 14.2. The number of ether oxygens (including phenoxy) is 2. The smallest absolute Gasteiger partial charge is 0.326 e. The van der Waals surface area contributed by atoms with Crippen molar-refractivity contribution in [3.63, 3.8) is 0 Å². The molecular formula is C33H37ClN4O4. The third-order valence-corrected chi connectivity index (χ3v) is 7.94. The van der Waals surface area contributed by atoms with E-state index in [2.05, 4.69) is 24.3 Å². The number of aryl methyl sites for hydroxylation is 1. The van der Waals surface area contributed by atoms with Crippen LogP contribution >= 0.6 is 11.6 Å². The summed E-state index contributed by atoms with van der Waals surface area (Å²) in [6, 6.07) is 20.5. The van der Waals surface area contributed by atoms with Gasteiger partial charge in [0, 0.05) is 44.2 Å². The van der Waals surface area contributed by atoms with Crippen LogP contribution in [-0.2, 0) is 4.79 Å². The molecular weight excluding hydrogens is 552 g/mol. The third-order valence-electron chi connectivity index (χ3n) is 7.69. The van der Waals surface area contributed by atoms with Gasteiger partial charge in [-0.05, 0) is 56.2 Å². The highest BCUT2D eigenvalue weighted by molar-refractivity contribution is 6.30. The minimum absolute atomic E-state index is 0.0118. The van der Waals surface area contributed by atoms with Gasteiger partial charge in [-0.15, -0.1) is 0 Å². The van der Waals surface area contributed by atoms with E-state index in [1.807, 2.05) is 68.1 Å². The fraction of sp³-hybridized carbons (Fsp3) is 0.364. The molecule has 3 aromatic rings. The number of nitrogens with zero attached hydrogens (tertiary/aromatic N) is 4. The molecule has 0 radical (unpaired) electrons. The summed E-state index contributed by atoms with van der Waals surface area (Å²) in [5.74, 6) is 1.77. The van der Waals surface area contributed by atoms with Crippen LogP contribution < -0.4 is 9.47 Å². The van der Waals surface area contributed by atoms with Gasteiger partial charge in [-0.3, -0.25) is 14.7 Å². The lowest BCUT2D eigenvalue weighted by Crippen LogP contribution is -2.54. The minimum Gasteiger partial charge on any atom is -0.497 e. The van der Waals surface area contributed by atoms with Crippen LogP contribution in [0.1, 0.15) is 55.1 Å². The standard InChI is InChI=1S/C33H37ClN4O4/c1-21(2)42-29-20-27(41-5)14-15-28(29)32-35-30(24-8-6-22(3)7-9-24)31(25-10-12-26(34)13-11-25)38(32)33(40)37-18-16-36(17-19-37)23(4)39/h6-15,20-21,30-31H,16-19H2,1-5H3/t30-,31+/m0/s1. The number of hydrogen-bond acceptors (Lipinski definition) is 5. The van der Waals surface area contributed by atoms with Crippen LogP contribution in [0.4, 0.5) is 4.79 Å². The number of halogens is 1. The number of hydrogen-bond donors (Lipinski definition) is 0. The number of carbonyl (C=O) groups is 2. The Bertz CT molecular complexity index is 1460. The lowest BCUT2D eigenvalue weighted by molar-refractivity contribution is -0.130. The minimum atomic E-state index is -0.438. The molecule has 5 rings (SSSR count). The van der Waals surface area contributed by atoms with Crippen molar-refractivity contribution < 1.29 is 19.1 Å². The van der Waals surface area contributed by atoms with E-state index in [1.54, 1.807) is 23.8 Å². The average Bonchev–Trinajstić information content (AvgIpc) is 3.37. The zero-order chi connectivity index (χ0) is 30.0. The van der Waals surface area contributed by atoms with Crippen molar-refractivity contribution >= 4 is 29.4 Å². The number of rotatable bonds is 6. The van der Waals surface area contributed by atoms with Crippen molar-refractivity contribution in [1.82, 2.24) is 14.7 Å². The maximum atomic E-state index is 14.6. The van der Waals surface area contributed by atoms with E-state index >= 15 is 0 Å². The molecule has 0 unspecified atom stereocenters. The number of urea groups is 1. The molecule has 2 atom stereocenters. The van der Waals surface area contributed by atoms with E-state index < -0.39 is 6.04 Å². The SMILES string of the molecule is COc1ccc(C2=N[C@@H](c3ccc(C)cc3)[C@@H](c3ccc(Cl)cc3)N2C(=O)N2CCN(C(C)=O)CC2)c(OC(C)C)c1. The van der Waals surface area contributed by atoms with Crippen molar-refractivity contribution in [2.75, 3.05) is 33.3 Å². The molecule has 1 saturated heterocycles. The summed E-state index contributed by atoms with van der Waals surface area (Å²) in [4.78, 5) is 37.2. The second-order valence-corrected chi connectivity index (χ2v) is 11.4. The van der Waals surface area contributed by atoms with Crippen molar-refractivity contribution in [2.45, 2.75) is 45.9 Å².